The van der Waals surface area contributed by atoms with Crippen LogP contribution in [0.25, 0.3) is 0 Å². The number of nitrogens with one attached hydrogen (secondary N) is 2. The van der Waals surface area contributed by atoms with Crippen molar-refractivity contribution in [2.75, 3.05) is 17.9 Å². The lowest BCUT2D eigenvalue weighted by Crippen LogP contribution is -2.57. The van der Waals surface area contributed by atoms with Crippen LogP contribution in [-0.2, 0) is 4.74 Å². The van der Waals surface area contributed by atoms with Crippen LogP contribution in [-0.4, -0.2) is 40.3 Å². The van der Waals surface area contributed by atoms with Gasteiger partial charge in [0.2, 0.25) is 11.9 Å². The molecule has 1 aromatic rings. The fourth-order valence-electron chi connectivity index (χ4n) is 2.44. The van der Waals surface area contributed by atoms with Gasteiger partial charge in [-0.3, -0.25) is 5.43 Å². The standard InChI is InChI=1S/C13H24N6O2/c1-7(2)21-12-17-10(16-11(18-12)19-14)15-8-6-9(20-5)13(8,3)4/h7-9H,6,14H2,1-5H3,(H2,15,16,17,18,19). The van der Waals surface area contributed by atoms with Crippen molar-refractivity contribution in [3.63, 3.8) is 0 Å². The van der Waals surface area contributed by atoms with E-state index in [4.69, 9.17) is 15.3 Å². The molecule has 2 unspecified atom stereocenters. The Hall–Kier alpha value is -1.67. The van der Waals surface area contributed by atoms with Crippen LogP contribution in [0, 0.1) is 5.41 Å². The second kappa shape index (κ2) is 5.98. The third kappa shape index (κ3) is 3.33. The van der Waals surface area contributed by atoms with E-state index in [1.54, 1.807) is 7.11 Å². The van der Waals surface area contributed by atoms with E-state index < -0.39 is 0 Å². The predicted molar refractivity (Wildman–Crippen MR) is 80.0 cm³/mol. The molecular formula is C13H24N6O2. The minimum atomic E-state index is -0.0242. The zero-order valence-electron chi connectivity index (χ0n) is 13.2. The molecule has 0 aromatic carbocycles. The molecule has 0 saturated heterocycles. The van der Waals surface area contributed by atoms with Crippen LogP contribution in [0.3, 0.4) is 0 Å². The van der Waals surface area contributed by atoms with Crippen LogP contribution in [0.5, 0.6) is 6.01 Å². The Morgan fingerprint density at radius 2 is 1.90 bits per heavy atom. The number of rotatable bonds is 6. The average Bonchev–Trinajstić information content (AvgIpc) is 2.41. The number of nitrogens with zero attached hydrogens (tertiary/aromatic N) is 3. The van der Waals surface area contributed by atoms with Crippen LogP contribution in [0.1, 0.15) is 34.1 Å². The third-order valence-electron chi connectivity index (χ3n) is 3.85. The number of ether oxygens (including phenoxy) is 2. The minimum Gasteiger partial charge on any atom is -0.461 e. The average molecular weight is 296 g/mol. The predicted octanol–water partition coefficient (Wildman–Crippen LogP) is 1.17. The Morgan fingerprint density at radius 3 is 2.43 bits per heavy atom. The van der Waals surface area contributed by atoms with Gasteiger partial charge in [-0.25, -0.2) is 5.84 Å². The van der Waals surface area contributed by atoms with Crippen LogP contribution in [0.2, 0.25) is 0 Å². The van der Waals surface area contributed by atoms with E-state index in [0.29, 0.717) is 5.95 Å². The molecule has 0 amide bonds. The molecule has 0 aliphatic heterocycles. The van der Waals surface area contributed by atoms with Crippen molar-refractivity contribution < 1.29 is 9.47 Å². The van der Waals surface area contributed by atoms with Crippen molar-refractivity contribution in [2.45, 2.75) is 52.4 Å². The maximum absolute atomic E-state index is 5.50. The normalized spacial score (nSPS) is 23.6. The lowest BCUT2D eigenvalue weighted by molar-refractivity contribution is -0.0796. The maximum Gasteiger partial charge on any atom is 0.323 e. The van der Waals surface area contributed by atoms with Gasteiger partial charge in [-0.15, -0.1) is 0 Å². The first-order chi connectivity index (χ1) is 9.86. The van der Waals surface area contributed by atoms with Gasteiger partial charge in [0.1, 0.15) is 0 Å². The molecule has 1 aliphatic carbocycles. The molecule has 4 N–H and O–H groups in total. The Labute approximate surface area is 124 Å². The summed E-state index contributed by atoms with van der Waals surface area (Å²) in [6, 6.07) is 0.471. The topological polar surface area (TPSA) is 107 Å². The van der Waals surface area contributed by atoms with E-state index in [2.05, 4.69) is 39.5 Å². The molecule has 8 heteroatoms. The number of nitrogens with two attached hydrogens (primary N) is 1. The van der Waals surface area contributed by atoms with Crippen LogP contribution < -0.4 is 21.3 Å². The van der Waals surface area contributed by atoms with Gasteiger partial charge < -0.3 is 14.8 Å². The molecule has 21 heavy (non-hydrogen) atoms. The number of anilines is 2. The first-order valence-corrected chi connectivity index (χ1v) is 7.05. The lowest BCUT2D eigenvalue weighted by atomic mass is 9.64. The smallest absolute Gasteiger partial charge is 0.323 e. The van der Waals surface area contributed by atoms with Gasteiger partial charge in [0.05, 0.1) is 12.2 Å². The molecule has 0 spiro atoms. The number of hydrogen-bond acceptors (Lipinski definition) is 8. The van der Waals surface area contributed by atoms with E-state index in [1.165, 1.54) is 0 Å². The van der Waals surface area contributed by atoms with Gasteiger partial charge in [-0.1, -0.05) is 13.8 Å². The summed E-state index contributed by atoms with van der Waals surface area (Å²) in [4.78, 5) is 12.5. The van der Waals surface area contributed by atoms with Crippen LogP contribution in [0.4, 0.5) is 11.9 Å². The van der Waals surface area contributed by atoms with Crippen LogP contribution in [0.15, 0.2) is 0 Å². The van der Waals surface area contributed by atoms with E-state index in [1.807, 2.05) is 13.8 Å². The van der Waals surface area contributed by atoms with Gasteiger partial charge in [-0.05, 0) is 20.3 Å². The van der Waals surface area contributed by atoms with Crippen LogP contribution >= 0.6 is 0 Å². The van der Waals surface area contributed by atoms with E-state index >= 15 is 0 Å². The summed E-state index contributed by atoms with van der Waals surface area (Å²) >= 11 is 0. The van der Waals surface area contributed by atoms with Gasteiger partial charge in [-0.2, -0.15) is 15.0 Å². The molecule has 8 nitrogen and oxygen atoms in total. The monoisotopic (exact) mass is 296 g/mol. The molecule has 1 aromatic heterocycles. The molecule has 2 atom stereocenters. The summed E-state index contributed by atoms with van der Waals surface area (Å²) in [6.07, 6.45) is 1.11. The van der Waals surface area contributed by atoms with Crippen molar-refractivity contribution >= 4 is 11.9 Å². The third-order valence-corrected chi connectivity index (χ3v) is 3.85. The van der Waals surface area contributed by atoms with Crippen molar-refractivity contribution in [1.82, 2.24) is 15.0 Å². The molecule has 1 saturated carbocycles. The maximum atomic E-state index is 5.50. The number of aromatic nitrogens is 3. The van der Waals surface area contributed by atoms with E-state index in [9.17, 15) is 0 Å². The fourth-order valence-corrected chi connectivity index (χ4v) is 2.44. The highest BCUT2D eigenvalue weighted by atomic mass is 16.5. The highest BCUT2D eigenvalue weighted by Crippen LogP contribution is 2.43. The summed E-state index contributed by atoms with van der Waals surface area (Å²) in [5.41, 5.74) is 2.43. The first-order valence-electron chi connectivity index (χ1n) is 7.05. The number of hydrogen-bond donors (Lipinski definition) is 3. The molecule has 1 aliphatic rings. The highest BCUT2D eigenvalue weighted by Gasteiger charge is 2.48. The number of nitrogen functional groups attached to an aromatic ring is 1. The Morgan fingerprint density at radius 1 is 1.24 bits per heavy atom. The molecule has 1 fully saturated rings. The fraction of sp³-hybridized carbons (Fsp3) is 0.769. The lowest BCUT2D eigenvalue weighted by Gasteiger charge is -2.51. The van der Waals surface area contributed by atoms with Gasteiger partial charge >= 0.3 is 6.01 Å². The quantitative estimate of drug-likeness (QED) is 0.530. The highest BCUT2D eigenvalue weighted by molar-refractivity contribution is 5.37. The Balaban J connectivity index is 2.13. The summed E-state index contributed by atoms with van der Waals surface area (Å²) < 4.78 is 10.9. The Kier molecular flexibility index (Phi) is 4.48. The van der Waals surface area contributed by atoms with Crippen molar-refractivity contribution in [3.05, 3.63) is 0 Å². The first kappa shape index (κ1) is 15.7. The second-order valence-corrected chi connectivity index (χ2v) is 6.05. The molecule has 2 rings (SSSR count). The summed E-state index contributed by atoms with van der Waals surface area (Å²) in [5.74, 6) is 6.10. The summed E-state index contributed by atoms with van der Waals surface area (Å²) in [6.45, 7) is 8.11. The minimum absolute atomic E-state index is 0.0107. The van der Waals surface area contributed by atoms with Gasteiger partial charge in [0.25, 0.3) is 0 Å². The molecule has 0 radical (unpaired) electrons. The van der Waals surface area contributed by atoms with Crippen molar-refractivity contribution in [1.29, 1.82) is 0 Å². The molecule has 0 bridgehead atoms. The second-order valence-electron chi connectivity index (χ2n) is 6.05. The zero-order valence-corrected chi connectivity index (χ0v) is 13.2. The van der Waals surface area contributed by atoms with E-state index in [-0.39, 0.29) is 35.6 Å². The SMILES string of the molecule is COC1CC(Nc2nc(NN)nc(OC(C)C)n2)C1(C)C. The zero-order chi connectivity index (χ0) is 15.6. The van der Waals surface area contributed by atoms with Crippen molar-refractivity contribution in [2.24, 2.45) is 11.3 Å². The summed E-state index contributed by atoms with van der Waals surface area (Å²) in [5, 5.41) is 3.30. The van der Waals surface area contributed by atoms with E-state index in [0.717, 1.165) is 6.42 Å². The number of hydrazine groups is 1. The summed E-state index contributed by atoms with van der Waals surface area (Å²) in [7, 11) is 1.73. The number of methoxy groups -OCH3 is 1. The largest absolute Gasteiger partial charge is 0.461 e. The molecule has 118 valence electrons. The molecule has 1 heterocycles. The Bertz CT molecular complexity index is 494. The molecular weight excluding hydrogens is 272 g/mol. The van der Waals surface area contributed by atoms with Gasteiger partial charge in [0, 0.05) is 18.6 Å². The van der Waals surface area contributed by atoms with Crippen molar-refractivity contribution in [3.8, 4) is 6.01 Å². The van der Waals surface area contributed by atoms with Gasteiger partial charge in [0.15, 0.2) is 0 Å².